The summed E-state index contributed by atoms with van der Waals surface area (Å²) in [4.78, 5) is 22.2. The van der Waals surface area contributed by atoms with Gasteiger partial charge in [0.25, 0.3) is 0 Å². The van der Waals surface area contributed by atoms with Gasteiger partial charge in [0.1, 0.15) is 23.3 Å². The normalized spacial score (nSPS) is 22.3. The molecule has 1 aliphatic heterocycles. The lowest BCUT2D eigenvalue weighted by atomic mass is 9.65. The Morgan fingerprint density at radius 3 is 2.50 bits per heavy atom. The Kier molecular flexibility index (Phi) is 4.29. The van der Waals surface area contributed by atoms with Crippen LogP contribution in [0.1, 0.15) is 25.3 Å². The number of hydrogen-bond donors (Lipinski definition) is 2. The molecule has 2 aromatic carbocycles. The van der Waals surface area contributed by atoms with Gasteiger partial charge >= 0.3 is 5.69 Å². The lowest BCUT2D eigenvalue weighted by Crippen LogP contribution is -2.43. The number of nitrogens with zero attached hydrogens (tertiary/aromatic N) is 4. The van der Waals surface area contributed by atoms with Crippen molar-refractivity contribution in [2.45, 2.75) is 25.3 Å². The van der Waals surface area contributed by atoms with Gasteiger partial charge in [-0.25, -0.2) is 14.8 Å². The van der Waals surface area contributed by atoms with E-state index < -0.39 is 0 Å². The summed E-state index contributed by atoms with van der Waals surface area (Å²) in [7, 11) is 0. The molecule has 0 radical (unpaired) electrons. The van der Waals surface area contributed by atoms with Crippen LogP contribution in [0.4, 0.5) is 5.82 Å². The van der Waals surface area contributed by atoms with Crippen LogP contribution in [-0.2, 0) is 0 Å². The van der Waals surface area contributed by atoms with Crippen LogP contribution in [-0.4, -0.2) is 32.2 Å². The zero-order valence-corrected chi connectivity index (χ0v) is 17.6. The predicted octanol–water partition coefficient (Wildman–Crippen LogP) is 3.27. The number of ether oxygens (including phenoxy) is 1. The van der Waals surface area contributed by atoms with Crippen molar-refractivity contribution in [2.75, 3.05) is 18.8 Å². The summed E-state index contributed by atoms with van der Waals surface area (Å²) in [5, 5.41) is 3.45. The Bertz CT molecular complexity index is 1330. The molecule has 162 valence electrons. The van der Waals surface area contributed by atoms with Gasteiger partial charge in [-0.2, -0.15) is 0 Å². The van der Waals surface area contributed by atoms with E-state index in [1.165, 1.54) is 6.33 Å². The molecule has 8 nitrogen and oxygen atoms in total. The van der Waals surface area contributed by atoms with Gasteiger partial charge in [0.05, 0.1) is 5.69 Å². The summed E-state index contributed by atoms with van der Waals surface area (Å²) in [5.41, 5.74) is 8.26. The summed E-state index contributed by atoms with van der Waals surface area (Å²) < 4.78 is 9.32. The average Bonchev–Trinajstić information content (AvgIpc) is 3.38. The number of para-hydroxylation sites is 1. The molecule has 2 fully saturated rings. The largest absolute Gasteiger partial charge is 0.457 e. The molecule has 1 spiro atoms. The van der Waals surface area contributed by atoms with Gasteiger partial charge in [-0.1, -0.05) is 18.2 Å². The second-order valence-electron chi connectivity index (χ2n) is 8.82. The molecule has 1 saturated heterocycles. The number of fused-ring (bicyclic) bond motifs is 1. The highest BCUT2D eigenvalue weighted by Crippen LogP contribution is 2.52. The van der Waals surface area contributed by atoms with Crippen LogP contribution in [0.2, 0.25) is 0 Å². The number of aromatic nitrogens is 4. The van der Waals surface area contributed by atoms with E-state index in [1.807, 2.05) is 59.2 Å². The number of hydrogen-bond acceptors (Lipinski definition) is 6. The van der Waals surface area contributed by atoms with Crippen LogP contribution in [0, 0.1) is 5.41 Å². The lowest BCUT2D eigenvalue weighted by molar-refractivity contribution is 0.0840. The zero-order valence-electron chi connectivity index (χ0n) is 17.6. The number of nitrogen functional groups attached to an aromatic ring is 1. The third-order valence-corrected chi connectivity index (χ3v) is 6.79. The zero-order chi connectivity index (χ0) is 21.7. The molecule has 1 aliphatic carbocycles. The van der Waals surface area contributed by atoms with E-state index in [0.29, 0.717) is 33.8 Å². The van der Waals surface area contributed by atoms with E-state index in [9.17, 15) is 4.79 Å². The highest BCUT2D eigenvalue weighted by molar-refractivity contribution is 5.84. The Balaban J connectivity index is 1.39. The number of nitrogens with one attached hydrogen (secondary N) is 1. The third kappa shape index (κ3) is 2.98. The molecule has 2 aromatic heterocycles. The van der Waals surface area contributed by atoms with Gasteiger partial charge in [-0.05, 0) is 67.6 Å². The molecule has 3 N–H and O–H groups in total. The number of benzene rings is 2. The number of anilines is 1. The third-order valence-electron chi connectivity index (χ3n) is 6.79. The van der Waals surface area contributed by atoms with Crippen LogP contribution in [0.3, 0.4) is 0 Å². The second kappa shape index (κ2) is 7.20. The minimum absolute atomic E-state index is 0.126. The van der Waals surface area contributed by atoms with Crippen molar-refractivity contribution in [3.05, 3.63) is 71.4 Å². The summed E-state index contributed by atoms with van der Waals surface area (Å²) in [6.45, 7) is 2.08. The summed E-state index contributed by atoms with van der Waals surface area (Å²) in [5.74, 6) is 1.75. The van der Waals surface area contributed by atoms with Crippen molar-refractivity contribution < 1.29 is 4.74 Å². The number of nitrogens with two attached hydrogens (primary N) is 1. The van der Waals surface area contributed by atoms with Crippen LogP contribution in [0.25, 0.3) is 16.9 Å². The predicted molar refractivity (Wildman–Crippen MR) is 122 cm³/mol. The van der Waals surface area contributed by atoms with Crippen molar-refractivity contribution in [1.82, 2.24) is 24.4 Å². The standard InChI is InChI=1S/C24H24N6O2/c25-21-20-22(28-15-27-21)30(17-12-24(13-17)10-11-26-14-24)23(31)29(20)16-6-8-19(9-7-16)32-18-4-2-1-3-5-18/h1-9,15,17,26H,10-14H2,(H2,25,27,28). The molecular weight excluding hydrogens is 404 g/mol. The average molecular weight is 428 g/mol. The summed E-state index contributed by atoms with van der Waals surface area (Å²) in [6.07, 6.45) is 4.55. The van der Waals surface area contributed by atoms with Gasteiger partial charge in [0, 0.05) is 12.6 Å². The summed E-state index contributed by atoms with van der Waals surface area (Å²) >= 11 is 0. The van der Waals surface area contributed by atoms with E-state index in [-0.39, 0.29) is 11.7 Å². The Morgan fingerprint density at radius 1 is 1.03 bits per heavy atom. The SMILES string of the molecule is Nc1ncnc2c1n(-c1ccc(Oc3ccccc3)cc1)c(=O)n2C1CC2(CCNC2)C1. The van der Waals surface area contributed by atoms with Crippen LogP contribution in [0.5, 0.6) is 11.5 Å². The van der Waals surface area contributed by atoms with Gasteiger partial charge in [0.15, 0.2) is 11.5 Å². The monoisotopic (exact) mass is 428 g/mol. The molecule has 0 bridgehead atoms. The molecule has 3 heterocycles. The molecule has 2 aliphatic rings. The van der Waals surface area contributed by atoms with Gasteiger partial charge in [-0.15, -0.1) is 0 Å². The molecule has 0 amide bonds. The van der Waals surface area contributed by atoms with E-state index >= 15 is 0 Å². The fraction of sp³-hybridized carbons (Fsp3) is 0.292. The maximum absolute atomic E-state index is 13.6. The van der Waals surface area contributed by atoms with Crippen molar-refractivity contribution in [1.29, 1.82) is 0 Å². The first-order chi connectivity index (χ1) is 15.6. The number of rotatable bonds is 4. The first-order valence-electron chi connectivity index (χ1n) is 10.9. The Labute approximate surface area is 184 Å². The molecule has 4 aromatic rings. The minimum Gasteiger partial charge on any atom is -0.457 e. The van der Waals surface area contributed by atoms with Gasteiger partial charge in [-0.3, -0.25) is 9.13 Å². The van der Waals surface area contributed by atoms with Crippen LogP contribution < -0.4 is 21.5 Å². The first-order valence-corrected chi connectivity index (χ1v) is 10.9. The van der Waals surface area contributed by atoms with Crippen molar-refractivity contribution >= 4 is 17.0 Å². The fourth-order valence-electron chi connectivity index (χ4n) is 5.19. The van der Waals surface area contributed by atoms with Crippen LogP contribution >= 0.6 is 0 Å². The maximum Gasteiger partial charge on any atom is 0.335 e. The molecule has 6 rings (SSSR count). The second-order valence-corrected chi connectivity index (χ2v) is 8.82. The fourth-order valence-corrected chi connectivity index (χ4v) is 5.19. The molecular formula is C24H24N6O2. The highest BCUT2D eigenvalue weighted by atomic mass is 16.5. The Morgan fingerprint density at radius 2 is 1.78 bits per heavy atom. The molecule has 8 heteroatoms. The van der Waals surface area contributed by atoms with E-state index in [4.69, 9.17) is 10.5 Å². The van der Waals surface area contributed by atoms with Crippen LogP contribution in [0.15, 0.2) is 65.7 Å². The number of imidazole rings is 1. The first kappa shape index (κ1) is 19.1. The molecule has 0 atom stereocenters. The maximum atomic E-state index is 13.6. The Hall–Kier alpha value is -3.65. The van der Waals surface area contributed by atoms with Crippen molar-refractivity contribution in [3.8, 4) is 17.2 Å². The lowest BCUT2D eigenvalue weighted by Gasteiger charge is -2.45. The minimum atomic E-state index is -0.130. The highest BCUT2D eigenvalue weighted by Gasteiger charge is 2.48. The molecule has 32 heavy (non-hydrogen) atoms. The topological polar surface area (TPSA) is 100.0 Å². The van der Waals surface area contributed by atoms with E-state index in [0.717, 1.165) is 38.1 Å². The molecule has 1 saturated carbocycles. The smallest absolute Gasteiger partial charge is 0.335 e. The van der Waals surface area contributed by atoms with Crippen molar-refractivity contribution in [2.24, 2.45) is 5.41 Å². The van der Waals surface area contributed by atoms with Gasteiger partial charge < -0.3 is 15.8 Å². The van der Waals surface area contributed by atoms with Gasteiger partial charge in [0.2, 0.25) is 0 Å². The molecule has 0 unspecified atom stereocenters. The summed E-state index contributed by atoms with van der Waals surface area (Å²) in [6, 6.07) is 17.1. The van der Waals surface area contributed by atoms with Crippen molar-refractivity contribution in [3.63, 3.8) is 0 Å². The quantitative estimate of drug-likeness (QED) is 0.518. The van der Waals surface area contributed by atoms with E-state index in [2.05, 4.69) is 15.3 Å². The van der Waals surface area contributed by atoms with E-state index in [1.54, 1.807) is 4.57 Å².